The van der Waals surface area contributed by atoms with Crippen LogP contribution in [0.3, 0.4) is 0 Å². The number of carbonyl (C=O) groups is 1. The summed E-state index contributed by atoms with van der Waals surface area (Å²) in [7, 11) is 1.57. The molecule has 1 fully saturated rings. The number of benzene rings is 2. The molecule has 42 heavy (non-hydrogen) atoms. The van der Waals surface area contributed by atoms with E-state index in [9.17, 15) is 13.6 Å². The highest BCUT2D eigenvalue weighted by Crippen LogP contribution is 2.32. The quantitative estimate of drug-likeness (QED) is 0.287. The molecule has 0 saturated carbocycles. The molecule has 0 unspecified atom stereocenters. The van der Waals surface area contributed by atoms with Gasteiger partial charge in [-0.2, -0.15) is 20.2 Å². The SMILES string of the molecule is COCCN1C[C@@H](NC(=O)Nc2c(C)c(-c3cnc4ncnn4c3)nn2-c2ccccc2)[C@H](c2ccc(F)c(F)c2)O1. The van der Waals surface area contributed by atoms with Crippen LogP contribution in [0, 0.1) is 18.6 Å². The molecule has 2 aromatic carbocycles. The molecule has 0 spiro atoms. The van der Waals surface area contributed by atoms with Gasteiger partial charge in [0, 0.05) is 43.7 Å². The van der Waals surface area contributed by atoms with Gasteiger partial charge in [0.25, 0.3) is 5.78 Å². The van der Waals surface area contributed by atoms with E-state index in [0.29, 0.717) is 53.7 Å². The van der Waals surface area contributed by atoms with Crippen LogP contribution >= 0.6 is 0 Å². The highest BCUT2D eigenvalue weighted by molar-refractivity contribution is 5.91. The van der Waals surface area contributed by atoms with Gasteiger partial charge in [-0.05, 0) is 36.8 Å². The largest absolute Gasteiger partial charge is 0.383 e. The van der Waals surface area contributed by atoms with Gasteiger partial charge in [0.2, 0.25) is 0 Å². The molecule has 2 amide bonds. The second kappa shape index (κ2) is 11.6. The number of hydrogen-bond donors (Lipinski definition) is 2. The van der Waals surface area contributed by atoms with Gasteiger partial charge in [-0.1, -0.05) is 24.3 Å². The molecule has 2 N–H and O–H groups in total. The Hall–Kier alpha value is -4.79. The first-order chi connectivity index (χ1) is 20.4. The van der Waals surface area contributed by atoms with Crippen LogP contribution < -0.4 is 10.6 Å². The van der Waals surface area contributed by atoms with E-state index in [0.717, 1.165) is 17.8 Å². The highest BCUT2D eigenvalue weighted by Gasteiger charge is 2.37. The minimum Gasteiger partial charge on any atom is -0.383 e. The van der Waals surface area contributed by atoms with Crippen LogP contribution in [0.5, 0.6) is 0 Å². The lowest BCUT2D eigenvalue weighted by Gasteiger charge is -2.20. The summed E-state index contributed by atoms with van der Waals surface area (Å²) in [5.74, 6) is -1.07. The number of aromatic nitrogens is 6. The fourth-order valence-electron chi connectivity index (χ4n) is 4.86. The highest BCUT2D eigenvalue weighted by atomic mass is 19.2. The molecule has 0 radical (unpaired) electrons. The number of anilines is 1. The van der Waals surface area contributed by atoms with Crippen LogP contribution in [-0.2, 0) is 9.57 Å². The number of amides is 2. The summed E-state index contributed by atoms with van der Waals surface area (Å²) in [6.07, 6.45) is 4.07. The van der Waals surface area contributed by atoms with Gasteiger partial charge < -0.3 is 10.1 Å². The van der Waals surface area contributed by atoms with Crippen LogP contribution in [0.25, 0.3) is 22.7 Å². The Morgan fingerprint density at radius 2 is 1.98 bits per heavy atom. The Bertz CT molecular complexity index is 1730. The maximum absolute atomic E-state index is 14.1. The Morgan fingerprint density at radius 1 is 1.14 bits per heavy atom. The first-order valence-corrected chi connectivity index (χ1v) is 13.1. The molecule has 5 aromatic rings. The number of rotatable bonds is 8. The number of carbonyl (C=O) groups excluding carboxylic acids is 1. The third kappa shape index (κ3) is 5.42. The summed E-state index contributed by atoms with van der Waals surface area (Å²) < 4.78 is 36.0. The second-order valence-electron chi connectivity index (χ2n) is 9.70. The van der Waals surface area contributed by atoms with Crippen molar-refractivity contribution in [3.05, 3.63) is 90.0 Å². The molecule has 12 nitrogen and oxygen atoms in total. The third-order valence-corrected chi connectivity index (χ3v) is 6.92. The molecule has 1 aliphatic heterocycles. The van der Waals surface area contributed by atoms with E-state index < -0.39 is 29.8 Å². The maximum Gasteiger partial charge on any atom is 0.320 e. The van der Waals surface area contributed by atoms with Crippen molar-refractivity contribution >= 4 is 17.6 Å². The molecular weight excluding hydrogens is 548 g/mol. The van der Waals surface area contributed by atoms with Gasteiger partial charge in [0.15, 0.2) is 11.6 Å². The number of para-hydroxylation sites is 1. The number of methoxy groups -OCH3 is 1. The Labute approximate surface area is 238 Å². The molecule has 216 valence electrons. The Kier molecular flexibility index (Phi) is 7.56. The Balaban J connectivity index is 1.30. The summed E-state index contributed by atoms with van der Waals surface area (Å²) in [6.45, 7) is 2.95. The fourth-order valence-corrected chi connectivity index (χ4v) is 4.86. The summed E-state index contributed by atoms with van der Waals surface area (Å²) >= 11 is 0. The monoisotopic (exact) mass is 575 g/mol. The molecular formula is C28H27F2N9O3. The van der Waals surface area contributed by atoms with E-state index in [2.05, 4.69) is 25.7 Å². The summed E-state index contributed by atoms with van der Waals surface area (Å²) in [4.78, 5) is 27.9. The van der Waals surface area contributed by atoms with Crippen LogP contribution in [0.2, 0.25) is 0 Å². The standard InChI is InChI=1S/C28H27F2N9O3/c1-17-24(19-13-31-27-32-16-33-38(27)14-19)36-39(20-6-4-3-5-7-20)26(17)35-28(40)34-23-15-37(10-11-41-2)42-25(23)18-8-9-21(29)22(30)12-18/h3-9,12-14,16,23,25H,10-11,15H2,1-2H3,(H2,34,35,40)/t23-,25+/m1/s1. The number of fused-ring (bicyclic) bond motifs is 1. The first kappa shape index (κ1) is 27.4. The fraction of sp³-hybridized carbons (Fsp3) is 0.250. The minimum absolute atomic E-state index is 0.298. The van der Waals surface area contributed by atoms with E-state index in [-0.39, 0.29) is 0 Å². The van der Waals surface area contributed by atoms with Gasteiger partial charge in [0.05, 0.1) is 18.3 Å². The van der Waals surface area contributed by atoms with Gasteiger partial charge in [0.1, 0.15) is 23.9 Å². The molecule has 2 atom stereocenters. The van der Waals surface area contributed by atoms with Crippen molar-refractivity contribution in [2.45, 2.75) is 19.1 Å². The van der Waals surface area contributed by atoms with E-state index in [1.54, 1.807) is 33.8 Å². The van der Waals surface area contributed by atoms with Gasteiger partial charge in [-0.15, -0.1) is 0 Å². The predicted molar refractivity (Wildman–Crippen MR) is 148 cm³/mol. The minimum atomic E-state index is -0.997. The number of nitrogens with zero attached hydrogens (tertiary/aromatic N) is 7. The number of urea groups is 1. The average Bonchev–Trinajstić information content (AvgIpc) is 3.71. The lowest BCUT2D eigenvalue weighted by atomic mass is 10.0. The Morgan fingerprint density at radius 3 is 2.76 bits per heavy atom. The molecule has 0 bridgehead atoms. The first-order valence-electron chi connectivity index (χ1n) is 13.1. The van der Waals surface area contributed by atoms with E-state index in [4.69, 9.17) is 14.7 Å². The van der Waals surface area contributed by atoms with Gasteiger partial charge in [-0.25, -0.2) is 27.8 Å². The van der Waals surface area contributed by atoms with Crippen LogP contribution in [0.15, 0.2) is 67.3 Å². The molecule has 6 rings (SSSR count). The van der Waals surface area contributed by atoms with Crippen molar-refractivity contribution in [3.63, 3.8) is 0 Å². The van der Waals surface area contributed by atoms with Crippen LogP contribution in [0.4, 0.5) is 19.4 Å². The van der Waals surface area contributed by atoms with Crippen molar-refractivity contribution in [2.75, 3.05) is 32.1 Å². The zero-order chi connectivity index (χ0) is 29.2. The lowest BCUT2D eigenvalue weighted by Crippen LogP contribution is -2.42. The molecule has 1 saturated heterocycles. The van der Waals surface area contributed by atoms with Crippen molar-refractivity contribution in [1.82, 2.24) is 39.7 Å². The maximum atomic E-state index is 14.1. The van der Waals surface area contributed by atoms with Crippen molar-refractivity contribution in [2.24, 2.45) is 0 Å². The summed E-state index contributed by atoms with van der Waals surface area (Å²) in [5, 5.41) is 16.5. The summed E-state index contributed by atoms with van der Waals surface area (Å²) in [6, 6.07) is 11.8. The lowest BCUT2D eigenvalue weighted by molar-refractivity contribution is -0.154. The van der Waals surface area contributed by atoms with Crippen molar-refractivity contribution in [1.29, 1.82) is 0 Å². The van der Waals surface area contributed by atoms with E-state index >= 15 is 0 Å². The van der Waals surface area contributed by atoms with Crippen LogP contribution in [0.1, 0.15) is 17.2 Å². The molecule has 4 heterocycles. The number of halogens is 2. The van der Waals surface area contributed by atoms with Gasteiger partial charge in [-0.3, -0.25) is 10.2 Å². The molecule has 3 aromatic heterocycles. The smallest absolute Gasteiger partial charge is 0.320 e. The zero-order valence-corrected chi connectivity index (χ0v) is 22.7. The normalized spacial score (nSPS) is 17.1. The van der Waals surface area contributed by atoms with Crippen molar-refractivity contribution < 1.29 is 23.1 Å². The molecule has 1 aliphatic rings. The molecule has 14 heteroatoms. The number of hydrogen-bond acceptors (Lipinski definition) is 8. The van der Waals surface area contributed by atoms with E-state index in [1.807, 2.05) is 37.3 Å². The third-order valence-electron chi connectivity index (χ3n) is 6.92. The zero-order valence-electron chi connectivity index (χ0n) is 22.7. The number of hydroxylamine groups is 2. The van der Waals surface area contributed by atoms with Crippen molar-refractivity contribution in [3.8, 4) is 16.9 Å². The average molecular weight is 576 g/mol. The number of nitrogens with one attached hydrogen (secondary N) is 2. The summed E-state index contributed by atoms with van der Waals surface area (Å²) in [5.41, 5.74) is 3.08. The topological polar surface area (TPSA) is 124 Å². The predicted octanol–water partition coefficient (Wildman–Crippen LogP) is 3.69. The van der Waals surface area contributed by atoms with E-state index in [1.165, 1.54) is 12.4 Å². The molecule has 0 aliphatic carbocycles. The second-order valence-corrected chi connectivity index (χ2v) is 9.70. The number of ether oxygens (including phenoxy) is 1. The van der Waals surface area contributed by atoms with Gasteiger partial charge >= 0.3 is 6.03 Å². The van der Waals surface area contributed by atoms with Crippen LogP contribution in [-0.4, -0.2) is 73.3 Å².